The Bertz CT molecular complexity index is 712. The highest BCUT2D eigenvalue weighted by molar-refractivity contribution is 7.97. The van der Waals surface area contributed by atoms with E-state index in [0.717, 1.165) is 5.39 Å². The minimum Gasteiger partial charge on any atom is -0.428 e. The number of carbonyl (C=O) groups is 1. The second-order valence-electron chi connectivity index (χ2n) is 6.78. The average molecular weight is 331 g/mol. The smallest absolute Gasteiger partial charge is 0.428 e. The molecule has 1 aliphatic heterocycles. The molecule has 0 amide bonds. The summed E-state index contributed by atoms with van der Waals surface area (Å²) in [5, 5.41) is 2.18. The Hall–Kier alpha value is -1.68. The number of rotatable bonds is 2. The van der Waals surface area contributed by atoms with Crippen molar-refractivity contribution in [2.24, 2.45) is 0 Å². The normalized spacial score (nSPS) is 15.8. The highest BCUT2D eigenvalue weighted by Crippen LogP contribution is 2.34. The zero-order chi connectivity index (χ0) is 16.4. The third kappa shape index (κ3) is 3.81. The van der Waals surface area contributed by atoms with Gasteiger partial charge >= 0.3 is 6.16 Å². The summed E-state index contributed by atoms with van der Waals surface area (Å²) in [6.45, 7) is 5.49. The molecule has 3 nitrogen and oxygen atoms in total. The Morgan fingerprint density at radius 2 is 1.65 bits per heavy atom. The number of benzene rings is 2. The van der Waals surface area contributed by atoms with Crippen LogP contribution in [0.5, 0.6) is 5.75 Å². The second-order valence-corrected chi connectivity index (χ2v) is 9.02. The van der Waals surface area contributed by atoms with Crippen LogP contribution in [0.15, 0.2) is 41.3 Å². The average Bonchev–Trinajstić information content (AvgIpc) is 2.99. The third-order valence-corrected chi connectivity index (χ3v) is 6.31. The summed E-state index contributed by atoms with van der Waals surface area (Å²) in [6, 6.07) is 12.2. The van der Waals surface area contributed by atoms with E-state index in [4.69, 9.17) is 9.47 Å². The van der Waals surface area contributed by atoms with Crippen molar-refractivity contribution >= 4 is 27.8 Å². The maximum Gasteiger partial charge on any atom is 0.514 e. The molecule has 0 radical (unpaired) electrons. The van der Waals surface area contributed by atoms with Crippen LogP contribution in [0, 0.1) is 0 Å². The second kappa shape index (κ2) is 6.44. The van der Waals surface area contributed by atoms with Gasteiger partial charge in [0.05, 0.1) is 0 Å². The van der Waals surface area contributed by atoms with Gasteiger partial charge in [-0.05, 0) is 51.8 Å². The molecule has 0 atom stereocenters. The van der Waals surface area contributed by atoms with Gasteiger partial charge in [0, 0.05) is 21.7 Å². The molecule has 0 unspecified atom stereocenters. The fourth-order valence-corrected chi connectivity index (χ4v) is 5.34. The molecule has 3 rings (SSSR count). The molecule has 122 valence electrons. The van der Waals surface area contributed by atoms with Crippen molar-refractivity contribution in [2.45, 2.75) is 44.1 Å². The topological polar surface area (TPSA) is 35.5 Å². The number of ether oxygens (including phenoxy) is 2. The van der Waals surface area contributed by atoms with E-state index in [-0.39, 0.29) is 0 Å². The van der Waals surface area contributed by atoms with Crippen molar-refractivity contribution in [1.82, 2.24) is 0 Å². The van der Waals surface area contributed by atoms with E-state index in [9.17, 15) is 4.79 Å². The fourth-order valence-electron chi connectivity index (χ4n) is 2.83. The van der Waals surface area contributed by atoms with Crippen molar-refractivity contribution < 1.29 is 14.3 Å². The van der Waals surface area contributed by atoms with Crippen LogP contribution in [-0.4, -0.2) is 23.3 Å². The Kier molecular flexibility index (Phi) is 4.53. The molecule has 0 saturated carbocycles. The van der Waals surface area contributed by atoms with E-state index in [1.54, 1.807) is 0 Å². The van der Waals surface area contributed by atoms with Crippen LogP contribution in [0.3, 0.4) is 0 Å². The molecule has 1 heterocycles. The van der Waals surface area contributed by atoms with Crippen LogP contribution in [0.4, 0.5) is 4.79 Å². The van der Waals surface area contributed by atoms with Gasteiger partial charge in [0.1, 0.15) is 22.9 Å². The molecule has 23 heavy (non-hydrogen) atoms. The zero-order valence-electron chi connectivity index (χ0n) is 13.9. The van der Waals surface area contributed by atoms with E-state index >= 15 is 0 Å². The maximum atomic E-state index is 12.0. The molecule has 0 aliphatic carbocycles. The van der Waals surface area contributed by atoms with E-state index in [2.05, 4.69) is 18.2 Å². The van der Waals surface area contributed by atoms with Crippen LogP contribution in [-0.2, 0) is 15.6 Å². The first-order valence-corrected chi connectivity index (χ1v) is 9.60. The molecule has 2 aromatic carbocycles. The van der Waals surface area contributed by atoms with Gasteiger partial charge in [0.15, 0.2) is 4.90 Å². The van der Waals surface area contributed by atoms with Gasteiger partial charge in [-0.2, -0.15) is 0 Å². The molecule has 0 spiro atoms. The van der Waals surface area contributed by atoms with E-state index < -0.39 is 11.8 Å². The lowest BCUT2D eigenvalue weighted by Gasteiger charge is -2.19. The Morgan fingerprint density at radius 1 is 1.00 bits per heavy atom. The highest BCUT2D eigenvalue weighted by Gasteiger charge is 2.29. The van der Waals surface area contributed by atoms with Crippen LogP contribution >= 0.6 is 0 Å². The SMILES string of the molecule is CC(C)(C)OC(=O)Oc1cccc2c([S+]3CCCC3)cccc12. The van der Waals surface area contributed by atoms with Crippen LogP contribution in [0.2, 0.25) is 0 Å². The Morgan fingerprint density at radius 3 is 2.35 bits per heavy atom. The van der Waals surface area contributed by atoms with Crippen molar-refractivity contribution in [1.29, 1.82) is 0 Å². The van der Waals surface area contributed by atoms with Gasteiger partial charge in [-0.15, -0.1) is 0 Å². The first-order valence-electron chi connectivity index (χ1n) is 8.04. The third-order valence-electron chi connectivity index (χ3n) is 3.77. The molecule has 0 bridgehead atoms. The molecular formula is C19H23O3S+. The minimum atomic E-state index is -0.654. The van der Waals surface area contributed by atoms with E-state index in [1.165, 1.54) is 34.6 Å². The lowest BCUT2D eigenvalue weighted by molar-refractivity contribution is 0.0209. The Balaban J connectivity index is 1.93. The summed E-state index contributed by atoms with van der Waals surface area (Å²) < 4.78 is 10.7. The summed E-state index contributed by atoms with van der Waals surface area (Å²) in [5.41, 5.74) is -0.557. The molecule has 1 fully saturated rings. The van der Waals surface area contributed by atoms with Crippen LogP contribution in [0.1, 0.15) is 33.6 Å². The molecule has 2 aromatic rings. The summed E-state index contributed by atoms with van der Waals surface area (Å²) in [4.78, 5) is 13.4. The van der Waals surface area contributed by atoms with Crippen molar-refractivity contribution in [3.8, 4) is 5.75 Å². The largest absolute Gasteiger partial charge is 0.514 e. The van der Waals surface area contributed by atoms with Gasteiger partial charge < -0.3 is 9.47 Å². The van der Waals surface area contributed by atoms with Gasteiger partial charge in [-0.3, -0.25) is 0 Å². The molecule has 1 aliphatic rings. The Labute approximate surface area is 140 Å². The van der Waals surface area contributed by atoms with Crippen molar-refractivity contribution in [3.63, 3.8) is 0 Å². The van der Waals surface area contributed by atoms with Gasteiger partial charge in [0.2, 0.25) is 0 Å². The quantitative estimate of drug-likeness (QED) is 0.445. The molecule has 4 heteroatoms. The predicted molar refractivity (Wildman–Crippen MR) is 95.4 cm³/mol. The van der Waals surface area contributed by atoms with Gasteiger partial charge in [-0.25, -0.2) is 4.79 Å². The first kappa shape index (κ1) is 16.2. The number of fused-ring (bicyclic) bond motifs is 1. The fraction of sp³-hybridized carbons (Fsp3) is 0.421. The lowest BCUT2D eigenvalue weighted by atomic mass is 10.1. The van der Waals surface area contributed by atoms with Gasteiger partial charge in [0.25, 0.3) is 0 Å². The van der Waals surface area contributed by atoms with Crippen molar-refractivity contribution in [2.75, 3.05) is 11.5 Å². The number of carbonyl (C=O) groups excluding carboxylic acids is 1. The van der Waals surface area contributed by atoms with E-state index in [0.29, 0.717) is 16.6 Å². The lowest BCUT2D eigenvalue weighted by Crippen LogP contribution is -2.26. The molecular weight excluding hydrogens is 308 g/mol. The monoisotopic (exact) mass is 331 g/mol. The summed E-state index contributed by atoms with van der Waals surface area (Å²) >= 11 is 0. The van der Waals surface area contributed by atoms with Crippen LogP contribution < -0.4 is 4.74 Å². The first-order chi connectivity index (χ1) is 10.9. The maximum absolute atomic E-state index is 12.0. The summed E-state index contributed by atoms with van der Waals surface area (Å²) in [7, 11) is 0.326. The predicted octanol–water partition coefficient (Wildman–Crippen LogP) is 4.92. The number of hydrogen-bond donors (Lipinski definition) is 0. The van der Waals surface area contributed by atoms with Crippen molar-refractivity contribution in [3.05, 3.63) is 36.4 Å². The van der Waals surface area contributed by atoms with Crippen LogP contribution in [0.25, 0.3) is 10.8 Å². The molecule has 1 saturated heterocycles. The minimum absolute atomic E-state index is 0.326. The number of hydrogen-bond acceptors (Lipinski definition) is 3. The highest BCUT2D eigenvalue weighted by atomic mass is 32.2. The zero-order valence-corrected chi connectivity index (χ0v) is 14.7. The van der Waals surface area contributed by atoms with Gasteiger partial charge in [-0.1, -0.05) is 18.2 Å². The molecule has 0 N–H and O–H groups in total. The van der Waals surface area contributed by atoms with E-state index in [1.807, 2.05) is 39.0 Å². The molecule has 0 aromatic heterocycles. The summed E-state index contributed by atoms with van der Waals surface area (Å²) in [6.07, 6.45) is 1.97. The standard InChI is InChI=1S/C19H23O3S/c1-19(2,3)22-18(20)21-16-10-6-9-15-14(16)8-7-11-17(15)23-12-4-5-13-23/h6-11H,4-5,12-13H2,1-3H3/q+1. The summed E-state index contributed by atoms with van der Waals surface area (Å²) in [5.74, 6) is 3.12.